The Morgan fingerprint density at radius 1 is 0.971 bits per heavy atom. The average molecular weight is 466 g/mol. The number of rotatable bonds is 5. The lowest BCUT2D eigenvalue weighted by Crippen LogP contribution is -2.14. The summed E-state index contributed by atoms with van der Waals surface area (Å²) in [5.74, 6) is 0.572. The molecule has 2 aromatic heterocycles. The van der Waals surface area contributed by atoms with Gasteiger partial charge in [-0.2, -0.15) is 13.2 Å². The molecule has 0 aliphatic heterocycles. The van der Waals surface area contributed by atoms with E-state index in [1.807, 2.05) is 13.8 Å². The number of alkyl halides is 3. The molecular formula is C24H21F3N6O. The van der Waals surface area contributed by atoms with Gasteiger partial charge < -0.3 is 10.6 Å². The summed E-state index contributed by atoms with van der Waals surface area (Å²) in [5, 5.41) is 5.75. The van der Waals surface area contributed by atoms with Gasteiger partial charge in [0.05, 0.1) is 5.56 Å². The van der Waals surface area contributed by atoms with Crippen molar-refractivity contribution >= 4 is 23.2 Å². The van der Waals surface area contributed by atoms with Crippen molar-refractivity contribution in [2.45, 2.75) is 26.9 Å². The third kappa shape index (κ3) is 5.06. The van der Waals surface area contributed by atoms with Crippen molar-refractivity contribution in [1.29, 1.82) is 0 Å². The number of halogens is 3. The minimum Gasteiger partial charge on any atom is -0.325 e. The van der Waals surface area contributed by atoms with Crippen LogP contribution in [0, 0.1) is 20.8 Å². The molecule has 2 aromatic carbocycles. The number of hydrogen-bond acceptors (Lipinski definition) is 5. The van der Waals surface area contributed by atoms with Gasteiger partial charge in [-0.15, -0.1) is 0 Å². The average Bonchev–Trinajstić information content (AvgIpc) is 3.22. The molecule has 34 heavy (non-hydrogen) atoms. The fourth-order valence-corrected chi connectivity index (χ4v) is 3.39. The second-order valence-corrected chi connectivity index (χ2v) is 7.83. The summed E-state index contributed by atoms with van der Waals surface area (Å²) >= 11 is 0. The Morgan fingerprint density at radius 3 is 2.50 bits per heavy atom. The molecule has 1 amide bonds. The van der Waals surface area contributed by atoms with Crippen LogP contribution in [0.1, 0.15) is 32.7 Å². The highest BCUT2D eigenvalue weighted by atomic mass is 19.4. The predicted octanol–water partition coefficient (Wildman–Crippen LogP) is 5.60. The molecule has 4 rings (SSSR count). The number of benzene rings is 2. The van der Waals surface area contributed by atoms with E-state index in [-0.39, 0.29) is 11.3 Å². The Kier molecular flexibility index (Phi) is 6.06. The van der Waals surface area contributed by atoms with Crippen LogP contribution in [0.2, 0.25) is 0 Å². The Morgan fingerprint density at radius 2 is 1.76 bits per heavy atom. The number of anilines is 3. The van der Waals surface area contributed by atoms with E-state index in [4.69, 9.17) is 0 Å². The molecule has 174 valence electrons. The SMILES string of the molecule is Cc1cc(NC(=O)c2ccc(C)c(Nc3nccn3-c3cc(C)ncn3)c2)cc(C(F)(F)F)c1. The molecule has 0 unspecified atom stereocenters. The molecule has 10 heteroatoms. The molecule has 7 nitrogen and oxygen atoms in total. The second-order valence-electron chi connectivity index (χ2n) is 7.83. The summed E-state index contributed by atoms with van der Waals surface area (Å²) < 4.78 is 41.1. The highest BCUT2D eigenvalue weighted by molar-refractivity contribution is 6.05. The van der Waals surface area contributed by atoms with Crippen LogP contribution in [0.15, 0.2) is 61.2 Å². The molecule has 0 radical (unpaired) electrons. The Balaban J connectivity index is 1.59. The van der Waals surface area contributed by atoms with E-state index in [1.165, 1.54) is 12.4 Å². The summed E-state index contributed by atoms with van der Waals surface area (Å²) in [5.41, 5.74) is 2.18. The first-order chi connectivity index (χ1) is 16.1. The monoisotopic (exact) mass is 466 g/mol. The van der Waals surface area contributed by atoms with E-state index in [2.05, 4.69) is 25.6 Å². The van der Waals surface area contributed by atoms with Crippen LogP contribution < -0.4 is 10.6 Å². The molecule has 2 heterocycles. The van der Waals surface area contributed by atoms with Crippen LogP contribution in [0.5, 0.6) is 0 Å². The molecule has 0 fully saturated rings. The summed E-state index contributed by atoms with van der Waals surface area (Å²) in [6.45, 7) is 5.26. The topological polar surface area (TPSA) is 84.7 Å². The van der Waals surface area contributed by atoms with Crippen LogP contribution in [-0.2, 0) is 6.18 Å². The van der Waals surface area contributed by atoms with Crippen molar-refractivity contribution in [2.24, 2.45) is 0 Å². The molecule has 2 N–H and O–H groups in total. The molecule has 0 saturated carbocycles. The maximum atomic E-state index is 13.1. The van der Waals surface area contributed by atoms with E-state index >= 15 is 0 Å². The first-order valence-corrected chi connectivity index (χ1v) is 10.3. The fourth-order valence-electron chi connectivity index (χ4n) is 3.39. The fraction of sp³-hybridized carbons (Fsp3) is 0.167. The number of nitrogens with zero attached hydrogens (tertiary/aromatic N) is 4. The summed E-state index contributed by atoms with van der Waals surface area (Å²) in [7, 11) is 0. The molecule has 0 aliphatic carbocycles. The highest BCUT2D eigenvalue weighted by Gasteiger charge is 2.31. The van der Waals surface area contributed by atoms with E-state index in [0.29, 0.717) is 23.0 Å². The van der Waals surface area contributed by atoms with Crippen molar-refractivity contribution in [2.75, 3.05) is 10.6 Å². The van der Waals surface area contributed by atoms with E-state index in [0.717, 1.165) is 23.4 Å². The number of hydrogen-bond donors (Lipinski definition) is 2. The van der Waals surface area contributed by atoms with Crippen LogP contribution in [0.25, 0.3) is 5.82 Å². The molecule has 4 aromatic rings. The molecule has 0 atom stereocenters. The number of aromatic nitrogens is 4. The summed E-state index contributed by atoms with van der Waals surface area (Å²) in [4.78, 5) is 25.5. The number of imidazole rings is 1. The Labute approximate surface area is 193 Å². The van der Waals surface area contributed by atoms with Crippen LogP contribution in [-0.4, -0.2) is 25.4 Å². The second kappa shape index (κ2) is 8.97. The van der Waals surface area contributed by atoms with Crippen molar-refractivity contribution in [3.63, 3.8) is 0 Å². The van der Waals surface area contributed by atoms with Gasteiger partial charge in [0.25, 0.3) is 5.91 Å². The van der Waals surface area contributed by atoms with Crippen molar-refractivity contribution < 1.29 is 18.0 Å². The lowest BCUT2D eigenvalue weighted by Gasteiger charge is -2.14. The zero-order chi connectivity index (χ0) is 24.5. The maximum absolute atomic E-state index is 13.1. The third-order valence-corrected chi connectivity index (χ3v) is 5.09. The number of aryl methyl sites for hydroxylation is 3. The van der Waals surface area contributed by atoms with Gasteiger partial charge in [-0.05, 0) is 62.2 Å². The molecule has 0 saturated heterocycles. The van der Waals surface area contributed by atoms with Crippen LogP contribution in [0.4, 0.5) is 30.5 Å². The zero-order valence-corrected chi connectivity index (χ0v) is 18.6. The normalized spacial score (nSPS) is 11.4. The van der Waals surface area contributed by atoms with Crippen molar-refractivity contribution in [3.8, 4) is 5.82 Å². The van der Waals surface area contributed by atoms with E-state index in [1.54, 1.807) is 48.1 Å². The van der Waals surface area contributed by atoms with Gasteiger partial charge in [0.1, 0.15) is 12.1 Å². The standard InChI is InChI=1S/C24H21F3N6O/c1-14-8-18(24(25,26)27)12-19(9-14)31-22(34)17-5-4-15(2)20(11-17)32-23-28-6-7-33(23)21-10-16(3)29-13-30-21/h4-13H,1-3H3,(H,28,32)(H,31,34). The first kappa shape index (κ1) is 23.0. The molecule has 0 spiro atoms. The highest BCUT2D eigenvalue weighted by Crippen LogP contribution is 2.32. The number of amides is 1. The van der Waals surface area contributed by atoms with Crippen molar-refractivity contribution in [3.05, 3.63) is 89.1 Å². The molecular weight excluding hydrogens is 445 g/mol. The number of carbonyl (C=O) groups excluding carboxylic acids is 1. The van der Waals surface area contributed by atoms with Crippen LogP contribution in [0.3, 0.4) is 0 Å². The van der Waals surface area contributed by atoms with Gasteiger partial charge in [-0.25, -0.2) is 15.0 Å². The van der Waals surface area contributed by atoms with Gasteiger partial charge >= 0.3 is 6.18 Å². The minimum absolute atomic E-state index is 0.0714. The van der Waals surface area contributed by atoms with Crippen molar-refractivity contribution in [1.82, 2.24) is 19.5 Å². The van der Waals surface area contributed by atoms with Gasteiger partial charge in [0.2, 0.25) is 5.95 Å². The predicted molar refractivity (Wildman–Crippen MR) is 122 cm³/mol. The van der Waals surface area contributed by atoms with Gasteiger partial charge in [0, 0.05) is 41.1 Å². The summed E-state index contributed by atoms with van der Waals surface area (Å²) in [6.07, 6.45) is 0.310. The zero-order valence-electron chi connectivity index (χ0n) is 18.6. The lowest BCUT2D eigenvalue weighted by atomic mass is 10.1. The van der Waals surface area contributed by atoms with Gasteiger partial charge in [-0.1, -0.05) is 6.07 Å². The van der Waals surface area contributed by atoms with E-state index in [9.17, 15) is 18.0 Å². The quantitative estimate of drug-likeness (QED) is 0.400. The first-order valence-electron chi connectivity index (χ1n) is 10.3. The molecule has 0 bridgehead atoms. The number of carbonyl (C=O) groups is 1. The third-order valence-electron chi connectivity index (χ3n) is 5.09. The van der Waals surface area contributed by atoms with Gasteiger partial charge in [-0.3, -0.25) is 9.36 Å². The molecule has 0 aliphatic rings. The maximum Gasteiger partial charge on any atom is 0.416 e. The van der Waals surface area contributed by atoms with E-state index < -0.39 is 17.6 Å². The summed E-state index contributed by atoms with van der Waals surface area (Å²) in [6, 6.07) is 10.2. The largest absolute Gasteiger partial charge is 0.416 e. The smallest absolute Gasteiger partial charge is 0.325 e. The number of nitrogens with one attached hydrogen (secondary N) is 2. The Bertz CT molecular complexity index is 1360. The lowest BCUT2D eigenvalue weighted by molar-refractivity contribution is -0.137. The Hall–Kier alpha value is -4.21. The van der Waals surface area contributed by atoms with Crippen LogP contribution >= 0.6 is 0 Å². The minimum atomic E-state index is -4.50. The van der Waals surface area contributed by atoms with Gasteiger partial charge in [0.15, 0.2) is 0 Å².